The van der Waals surface area contributed by atoms with Gasteiger partial charge in [-0.3, -0.25) is 4.79 Å². The molecule has 0 aliphatic rings. The third-order valence-electron chi connectivity index (χ3n) is 1.34. The highest BCUT2D eigenvalue weighted by Crippen LogP contribution is 2.43. The summed E-state index contributed by atoms with van der Waals surface area (Å²) in [6, 6.07) is 0. The van der Waals surface area contributed by atoms with Crippen molar-refractivity contribution in [3.8, 4) is 16.6 Å². The Morgan fingerprint density at radius 2 is 2.08 bits per heavy atom. The van der Waals surface area contributed by atoms with E-state index in [9.17, 15) is 4.79 Å². The molecule has 72 valence electrons. The SMILES string of the molecule is COc1csc(OC(C)=O)c1OC. The second-order valence-electron chi connectivity index (χ2n) is 2.22. The average Bonchev–Trinajstić information content (AvgIpc) is 2.45. The summed E-state index contributed by atoms with van der Waals surface area (Å²) in [4.78, 5) is 10.7. The minimum atomic E-state index is -0.372. The quantitative estimate of drug-likeness (QED) is 0.700. The Bertz CT molecular complexity index is 305. The molecule has 0 aliphatic carbocycles. The fraction of sp³-hybridized carbons (Fsp3) is 0.375. The standard InChI is InChI=1S/C8H10O4S/c1-5(9)12-8-7(11-3)6(10-2)4-13-8/h4H,1-3H3. The van der Waals surface area contributed by atoms with E-state index in [4.69, 9.17) is 14.2 Å². The van der Waals surface area contributed by atoms with Crippen molar-refractivity contribution in [1.29, 1.82) is 0 Å². The molecule has 0 atom stereocenters. The summed E-state index contributed by atoms with van der Waals surface area (Å²) in [6.45, 7) is 1.34. The maximum atomic E-state index is 10.7. The normalized spacial score (nSPS) is 9.46. The molecule has 0 amide bonds. The lowest BCUT2D eigenvalue weighted by Crippen LogP contribution is -2.01. The van der Waals surface area contributed by atoms with E-state index < -0.39 is 0 Å². The lowest BCUT2D eigenvalue weighted by molar-refractivity contribution is -0.131. The summed E-state index contributed by atoms with van der Waals surface area (Å²) in [5, 5.41) is 2.14. The molecule has 0 unspecified atom stereocenters. The zero-order valence-electron chi connectivity index (χ0n) is 7.62. The number of esters is 1. The molecule has 0 saturated carbocycles. The highest BCUT2D eigenvalue weighted by molar-refractivity contribution is 7.12. The van der Waals surface area contributed by atoms with Gasteiger partial charge in [0.05, 0.1) is 14.2 Å². The predicted molar refractivity (Wildman–Crippen MR) is 48.7 cm³/mol. The molecular weight excluding hydrogens is 192 g/mol. The molecule has 0 fully saturated rings. The number of carbonyl (C=O) groups is 1. The second kappa shape index (κ2) is 4.13. The van der Waals surface area contributed by atoms with Gasteiger partial charge in [0, 0.05) is 12.3 Å². The largest absolute Gasteiger partial charge is 0.492 e. The van der Waals surface area contributed by atoms with Crippen LogP contribution in [0.15, 0.2) is 5.38 Å². The van der Waals surface area contributed by atoms with Gasteiger partial charge in [0.1, 0.15) is 0 Å². The van der Waals surface area contributed by atoms with Crippen molar-refractivity contribution in [1.82, 2.24) is 0 Å². The van der Waals surface area contributed by atoms with Crippen molar-refractivity contribution >= 4 is 17.3 Å². The van der Waals surface area contributed by atoms with E-state index in [2.05, 4.69) is 0 Å². The Morgan fingerprint density at radius 3 is 2.54 bits per heavy atom. The lowest BCUT2D eigenvalue weighted by atomic mass is 10.5. The number of hydrogen-bond acceptors (Lipinski definition) is 5. The number of ether oxygens (including phenoxy) is 3. The highest BCUT2D eigenvalue weighted by Gasteiger charge is 2.15. The molecule has 0 aliphatic heterocycles. The molecule has 0 saturated heterocycles. The number of thiophene rings is 1. The molecule has 0 N–H and O–H groups in total. The molecule has 0 radical (unpaired) electrons. The maximum Gasteiger partial charge on any atom is 0.308 e. The summed E-state index contributed by atoms with van der Waals surface area (Å²) >= 11 is 1.26. The molecule has 0 aromatic carbocycles. The summed E-state index contributed by atoms with van der Waals surface area (Å²) < 4.78 is 14.9. The number of hydrogen-bond donors (Lipinski definition) is 0. The topological polar surface area (TPSA) is 44.8 Å². The summed E-state index contributed by atoms with van der Waals surface area (Å²) in [7, 11) is 3.03. The molecular formula is C8H10O4S. The zero-order valence-corrected chi connectivity index (χ0v) is 8.44. The predicted octanol–water partition coefficient (Wildman–Crippen LogP) is 1.69. The molecule has 0 spiro atoms. The van der Waals surface area contributed by atoms with Gasteiger partial charge in [-0.05, 0) is 0 Å². The maximum absolute atomic E-state index is 10.7. The van der Waals surface area contributed by atoms with Crippen molar-refractivity contribution in [2.75, 3.05) is 14.2 Å². The van der Waals surface area contributed by atoms with Crippen LogP contribution < -0.4 is 14.2 Å². The minimum Gasteiger partial charge on any atom is -0.492 e. The minimum absolute atomic E-state index is 0.372. The van der Waals surface area contributed by atoms with Crippen molar-refractivity contribution in [2.24, 2.45) is 0 Å². The highest BCUT2D eigenvalue weighted by atomic mass is 32.1. The molecule has 1 heterocycles. The first kappa shape index (κ1) is 9.85. The van der Waals surface area contributed by atoms with Crippen LogP contribution in [0, 0.1) is 0 Å². The molecule has 5 heteroatoms. The van der Waals surface area contributed by atoms with Gasteiger partial charge in [0.15, 0.2) is 5.75 Å². The van der Waals surface area contributed by atoms with E-state index in [1.54, 1.807) is 5.38 Å². The van der Waals surface area contributed by atoms with Crippen LogP contribution in [-0.4, -0.2) is 20.2 Å². The van der Waals surface area contributed by atoms with Gasteiger partial charge in [-0.2, -0.15) is 0 Å². The summed E-state index contributed by atoms with van der Waals surface area (Å²) in [5.41, 5.74) is 0. The third-order valence-corrected chi connectivity index (χ3v) is 2.16. The third kappa shape index (κ3) is 2.12. The van der Waals surface area contributed by atoms with E-state index in [0.29, 0.717) is 16.6 Å². The molecule has 0 bridgehead atoms. The zero-order chi connectivity index (χ0) is 9.84. The van der Waals surface area contributed by atoms with Gasteiger partial charge in [-0.25, -0.2) is 0 Å². The smallest absolute Gasteiger partial charge is 0.308 e. The number of carbonyl (C=O) groups excluding carboxylic acids is 1. The molecule has 1 rings (SSSR count). The Balaban J connectivity index is 2.93. The van der Waals surface area contributed by atoms with Crippen LogP contribution in [0.2, 0.25) is 0 Å². The number of rotatable bonds is 3. The Morgan fingerprint density at radius 1 is 1.38 bits per heavy atom. The fourth-order valence-corrected chi connectivity index (χ4v) is 1.71. The molecule has 4 nitrogen and oxygen atoms in total. The van der Waals surface area contributed by atoms with Gasteiger partial charge in [0.25, 0.3) is 0 Å². The van der Waals surface area contributed by atoms with Crippen LogP contribution in [0.1, 0.15) is 6.92 Å². The van der Waals surface area contributed by atoms with Crippen LogP contribution in [0.4, 0.5) is 0 Å². The number of methoxy groups -OCH3 is 2. The van der Waals surface area contributed by atoms with Crippen molar-refractivity contribution in [3.05, 3.63) is 5.38 Å². The van der Waals surface area contributed by atoms with Gasteiger partial charge in [0.2, 0.25) is 10.8 Å². The first-order valence-electron chi connectivity index (χ1n) is 3.57. The first-order chi connectivity index (χ1) is 6.19. The second-order valence-corrected chi connectivity index (χ2v) is 3.06. The summed E-state index contributed by atoms with van der Waals surface area (Å²) in [5.74, 6) is 0.661. The first-order valence-corrected chi connectivity index (χ1v) is 4.45. The van der Waals surface area contributed by atoms with E-state index in [1.165, 1.54) is 32.5 Å². The van der Waals surface area contributed by atoms with Crippen LogP contribution in [0.5, 0.6) is 16.6 Å². The molecule has 1 aromatic heterocycles. The monoisotopic (exact) mass is 202 g/mol. The fourth-order valence-electron chi connectivity index (χ4n) is 0.840. The summed E-state index contributed by atoms with van der Waals surface area (Å²) in [6.07, 6.45) is 0. The van der Waals surface area contributed by atoms with E-state index in [-0.39, 0.29) is 5.97 Å². The van der Waals surface area contributed by atoms with Crippen molar-refractivity contribution in [3.63, 3.8) is 0 Å². The lowest BCUT2D eigenvalue weighted by Gasteiger charge is -2.03. The van der Waals surface area contributed by atoms with Gasteiger partial charge in [-0.15, -0.1) is 0 Å². The Labute approximate surface area is 80.0 Å². The van der Waals surface area contributed by atoms with Crippen LogP contribution in [0.3, 0.4) is 0 Å². The molecule has 13 heavy (non-hydrogen) atoms. The molecule has 1 aromatic rings. The van der Waals surface area contributed by atoms with Crippen molar-refractivity contribution in [2.45, 2.75) is 6.92 Å². The van der Waals surface area contributed by atoms with E-state index >= 15 is 0 Å². The van der Waals surface area contributed by atoms with E-state index in [1.807, 2.05) is 0 Å². The van der Waals surface area contributed by atoms with Crippen LogP contribution >= 0.6 is 11.3 Å². The van der Waals surface area contributed by atoms with Crippen LogP contribution in [-0.2, 0) is 4.79 Å². The van der Waals surface area contributed by atoms with E-state index in [0.717, 1.165) is 0 Å². The van der Waals surface area contributed by atoms with Gasteiger partial charge in [-0.1, -0.05) is 11.3 Å². The Hall–Kier alpha value is -1.23. The van der Waals surface area contributed by atoms with Crippen LogP contribution in [0.25, 0.3) is 0 Å². The van der Waals surface area contributed by atoms with Crippen molar-refractivity contribution < 1.29 is 19.0 Å². The Kier molecular flexibility index (Phi) is 3.13. The van der Waals surface area contributed by atoms with Gasteiger partial charge >= 0.3 is 5.97 Å². The average molecular weight is 202 g/mol. The van der Waals surface area contributed by atoms with Gasteiger partial charge < -0.3 is 14.2 Å².